The fourth-order valence-electron chi connectivity index (χ4n) is 6.87. The van der Waals surface area contributed by atoms with Crippen LogP contribution in [0.2, 0.25) is 0 Å². The molecule has 0 fully saturated rings. The van der Waals surface area contributed by atoms with Crippen molar-refractivity contribution in [3.05, 3.63) is 93.4 Å². The zero-order valence-corrected chi connectivity index (χ0v) is 28.6. The van der Waals surface area contributed by atoms with Crippen LogP contribution in [0.25, 0.3) is 0 Å². The van der Waals surface area contributed by atoms with Crippen LogP contribution < -0.4 is 10.0 Å². The highest BCUT2D eigenvalue weighted by molar-refractivity contribution is 6.24. The lowest BCUT2D eigenvalue weighted by atomic mass is 9.77. The van der Waals surface area contributed by atoms with Gasteiger partial charge in [0.15, 0.2) is 11.5 Å². The molecule has 3 aliphatic rings. The van der Waals surface area contributed by atoms with Gasteiger partial charge in [-0.15, -0.1) is 0 Å². The van der Waals surface area contributed by atoms with Crippen LogP contribution in [0.4, 0.5) is 37.7 Å². The van der Waals surface area contributed by atoms with Crippen molar-refractivity contribution < 1.29 is 40.8 Å². The van der Waals surface area contributed by atoms with Crippen molar-refractivity contribution in [2.24, 2.45) is 11.8 Å². The van der Waals surface area contributed by atoms with Crippen molar-refractivity contribution >= 4 is 22.9 Å². The molecule has 2 aromatic rings. The largest absolute Gasteiger partial charge is 0.871 e. The Bertz CT molecular complexity index is 1780. The number of ketones is 1. The second kappa shape index (κ2) is 11.9. The quantitative estimate of drug-likeness (QED) is 0.160. The Morgan fingerprint density at radius 3 is 1.92 bits per heavy atom. The fraction of sp³-hybridized carbons (Fsp3) is 0.474. The molecule has 48 heavy (non-hydrogen) atoms. The molecule has 0 radical (unpaired) electrons. The van der Waals surface area contributed by atoms with Crippen LogP contribution in [-0.4, -0.2) is 29.2 Å². The van der Waals surface area contributed by atoms with E-state index in [4.69, 9.17) is 0 Å². The zero-order chi connectivity index (χ0) is 35.7. The third-order valence-electron chi connectivity index (χ3n) is 9.84. The topological polar surface area (TPSA) is 46.4 Å². The predicted octanol–water partition coefficient (Wildman–Crippen LogP) is 9.00. The minimum Gasteiger partial charge on any atom is -0.871 e. The minimum absolute atomic E-state index is 0.0651. The summed E-state index contributed by atoms with van der Waals surface area (Å²) in [6.07, 6.45) is -4.70. The number of fused-ring (bicyclic) bond motifs is 2. The van der Waals surface area contributed by atoms with Gasteiger partial charge >= 0.3 is 12.4 Å². The van der Waals surface area contributed by atoms with Crippen molar-refractivity contribution in [1.82, 2.24) is 0 Å². The first-order valence-electron chi connectivity index (χ1n) is 16.3. The Morgan fingerprint density at radius 2 is 1.38 bits per heavy atom. The molecule has 0 saturated carbocycles. The van der Waals surface area contributed by atoms with E-state index in [0.717, 1.165) is 24.3 Å². The number of allylic oxidation sites excluding steroid dienone is 5. The normalized spacial score (nSPS) is 20.5. The molecule has 2 aliphatic heterocycles. The number of hydrogen-bond acceptors (Lipinski definition) is 3. The summed E-state index contributed by atoms with van der Waals surface area (Å²) in [4.78, 5) is 15.5. The van der Waals surface area contributed by atoms with Crippen molar-refractivity contribution in [1.29, 1.82) is 0 Å². The fourth-order valence-corrected chi connectivity index (χ4v) is 6.87. The molecule has 0 amide bonds. The lowest BCUT2D eigenvalue weighted by Gasteiger charge is -2.33. The van der Waals surface area contributed by atoms with E-state index in [1.165, 1.54) is 24.3 Å². The molecule has 5 rings (SSSR count). The van der Waals surface area contributed by atoms with Gasteiger partial charge in [-0.1, -0.05) is 59.4 Å². The van der Waals surface area contributed by atoms with Crippen LogP contribution in [-0.2, 0) is 28.0 Å². The molecular formula is C38H42F6N2O2. The highest BCUT2D eigenvalue weighted by Gasteiger charge is 2.48. The summed E-state index contributed by atoms with van der Waals surface area (Å²) >= 11 is 0. The molecule has 0 saturated heterocycles. The van der Waals surface area contributed by atoms with Crippen LogP contribution in [0.15, 0.2) is 71.2 Å². The molecule has 2 heterocycles. The summed E-state index contributed by atoms with van der Waals surface area (Å²) < 4.78 is 84.1. The van der Waals surface area contributed by atoms with Crippen molar-refractivity contribution in [2.75, 3.05) is 18.0 Å². The standard InChI is InChI=1S/C38H42F6N2O2/c1-21(2)13-15-45-29-17-23(37(39,40)41)9-11-27(29)35(5,6)31(45)19-25-33(47)26(34(25)48)20-32-36(7,8)28-12-10-24(38(42,43)44)18-30(28)46(32)16-14-22(3)4/h9-12,17-22H,13-16H2,1-8H3. The molecule has 4 nitrogen and oxygen atoms in total. The van der Waals surface area contributed by atoms with E-state index < -0.39 is 45.9 Å². The monoisotopic (exact) mass is 672 g/mol. The maximum Gasteiger partial charge on any atom is 0.416 e. The summed E-state index contributed by atoms with van der Waals surface area (Å²) in [5.74, 6) is -0.503. The van der Waals surface area contributed by atoms with Crippen LogP contribution in [0.1, 0.15) is 90.5 Å². The molecule has 2 aromatic carbocycles. The average Bonchev–Trinajstić information content (AvgIpc) is 3.32. The second-order valence-electron chi connectivity index (χ2n) is 14.9. The van der Waals surface area contributed by atoms with Gasteiger partial charge in [-0.05, 0) is 61.9 Å². The number of alkyl halides is 6. The van der Waals surface area contributed by atoms with Crippen LogP contribution in [0, 0.1) is 11.8 Å². The van der Waals surface area contributed by atoms with Gasteiger partial charge in [0.1, 0.15) is 6.54 Å². The molecule has 0 spiro atoms. The van der Waals surface area contributed by atoms with Crippen molar-refractivity contribution in [2.45, 2.75) is 91.4 Å². The van der Waals surface area contributed by atoms with Gasteiger partial charge in [0.05, 0.1) is 16.5 Å². The minimum atomic E-state index is -4.54. The van der Waals surface area contributed by atoms with E-state index in [-0.39, 0.29) is 23.0 Å². The lowest BCUT2D eigenvalue weighted by molar-refractivity contribution is -0.439. The number of Topliss-reactive ketones (excluding diaryl/α,β-unsaturated/α-hetero) is 1. The molecule has 0 N–H and O–H groups in total. The molecule has 0 bridgehead atoms. The maximum absolute atomic E-state index is 13.7. The van der Waals surface area contributed by atoms with Crippen LogP contribution in [0.3, 0.4) is 0 Å². The third kappa shape index (κ3) is 6.11. The first-order chi connectivity index (χ1) is 22.1. The van der Waals surface area contributed by atoms with E-state index >= 15 is 0 Å². The highest BCUT2D eigenvalue weighted by Crippen LogP contribution is 2.51. The second-order valence-corrected chi connectivity index (χ2v) is 14.9. The molecule has 0 aromatic heterocycles. The number of halogens is 6. The summed E-state index contributed by atoms with van der Waals surface area (Å²) in [5, 5.41) is 13.7. The third-order valence-corrected chi connectivity index (χ3v) is 9.84. The van der Waals surface area contributed by atoms with Gasteiger partial charge in [0, 0.05) is 58.6 Å². The van der Waals surface area contributed by atoms with Gasteiger partial charge in [-0.25, -0.2) is 0 Å². The summed E-state index contributed by atoms with van der Waals surface area (Å²) in [7, 11) is 0. The molecule has 0 atom stereocenters. The first-order valence-corrected chi connectivity index (χ1v) is 16.3. The van der Waals surface area contributed by atoms with Crippen LogP contribution >= 0.6 is 0 Å². The van der Waals surface area contributed by atoms with Gasteiger partial charge in [-0.3, -0.25) is 4.79 Å². The van der Waals surface area contributed by atoms with E-state index in [9.17, 15) is 36.2 Å². The van der Waals surface area contributed by atoms with Crippen molar-refractivity contribution in [3.8, 4) is 0 Å². The number of carbonyl (C=O) groups is 1. The van der Waals surface area contributed by atoms with E-state index in [0.29, 0.717) is 59.8 Å². The molecular weight excluding hydrogens is 630 g/mol. The predicted molar refractivity (Wildman–Crippen MR) is 173 cm³/mol. The van der Waals surface area contributed by atoms with E-state index in [1.807, 2.05) is 55.4 Å². The van der Waals surface area contributed by atoms with E-state index in [1.54, 1.807) is 9.48 Å². The number of anilines is 1. The SMILES string of the molecule is CC(C)CCN1/C(=C\C2=C([O-])C(=C\C3=[N+](CCC(C)C)c4cc(C(F)(F)F)ccc4C3(C)C)/C2=O)C(C)(C)c2ccc(C(F)(F)F)cc21. The van der Waals surface area contributed by atoms with Gasteiger partial charge < -0.3 is 10.0 Å². The zero-order valence-electron chi connectivity index (χ0n) is 28.6. The number of hydrogen-bond donors (Lipinski definition) is 0. The lowest BCUT2D eigenvalue weighted by Crippen LogP contribution is -2.35. The van der Waals surface area contributed by atoms with Crippen molar-refractivity contribution in [3.63, 3.8) is 0 Å². The summed E-state index contributed by atoms with van der Waals surface area (Å²) in [5.41, 5.74) is -0.00746. The number of rotatable bonds is 8. The number of carbonyl (C=O) groups excluding carboxylic acids is 1. The van der Waals surface area contributed by atoms with Gasteiger partial charge in [0.2, 0.25) is 5.69 Å². The summed E-state index contributed by atoms with van der Waals surface area (Å²) in [6.45, 7) is 16.3. The Morgan fingerprint density at radius 1 is 0.812 bits per heavy atom. The Labute approximate surface area is 278 Å². The van der Waals surface area contributed by atoms with E-state index in [2.05, 4.69) is 0 Å². The maximum atomic E-state index is 13.7. The first kappa shape index (κ1) is 35.5. The van der Waals surface area contributed by atoms with Crippen LogP contribution in [0.5, 0.6) is 0 Å². The molecule has 1 aliphatic carbocycles. The molecule has 0 unspecified atom stereocenters. The smallest absolute Gasteiger partial charge is 0.416 e. The average molecular weight is 673 g/mol. The number of benzene rings is 2. The Balaban J connectivity index is 1.61. The molecule has 258 valence electrons. The Hall–Kier alpha value is -3.82. The number of nitrogens with zero attached hydrogens (tertiary/aromatic N) is 2. The highest BCUT2D eigenvalue weighted by atomic mass is 19.4. The Kier molecular flexibility index (Phi) is 8.83. The van der Waals surface area contributed by atoms with Gasteiger partial charge in [-0.2, -0.15) is 30.9 Å². The molecule has 10 heteroatoms. The summed E-state index contributed by atoms with van der Waals surface area (Å²) in [6, 6.07) is 7.30. The van der Waals surface area contributed by atoms with Gasteiger partial charge in [0.25, 0.3) is 0 Å².